The van der Waals surface area contributed by atoms with Crippen molar-refractivity contribution in [2.75, 3.05) is 7.11 Å². The van der Waals surface area contributed by atoms with Gasteiger partial charge in [-0.15, -0.1) is 0 Å². The largest absolute Gasteiger partial charge is 0.481 e. The van der Waals surface area contributed by atoms with Crippen molar-refractivity contribution in [3.63, 3.8) is 0 Å². The number of carbonyl (C=O) groups excluding carboxylic acids is 2. The molecule has 0 fully saturated rings. The number of hydrogen-bond acceptors (Lipinski definition) is 6. The van der Waals surface area contributed by atoms with Crippen molar-refractivity contribution in [1.82, 2.24) is 10.3 Å². The van der Waals surface area contributed by atoms with E-state index in [-0.39, 0.29) is 18.1 Å². The molecule has 1 amide bonds. The third kappa shape index (κ3) is 6.72. The number of methoxy groups -OCH3 is 1. The molecule has 0 unspecified atom stereocenters. The van der Waals surface area contributed by atoms with Gasteiger partial charge in [0.05, 0.1) is 18.7 Å². The predicted octanol–water partition coefficient (Wildman–Crippen LogP) is 5.75. The molecule has 0 radical (unpaired) electrons. The van der Waals surface area contributed by atoms with E-state index in [0.717, 1.165) is 10.9 Å². The normalized spacial score (nSPS) is 13.2. The van der Waals surface area contributed by atoms with Gasteiger partial charge in [0.1, 0.15) is 6.61 Å². The van der Waals surface area contributed by atoms with Crippen LogP contribution in [0.3, 0.4) is 0 Å². The third-order valence-electron chi connectivity index (χ3n) is 5.38. The van der Waals surface area contributed by atoms with E-state index >= 15 is 0 Å². The molecule has 1 atom stereocenters. The molecule has 7 nitrogen and oxygen atoms in total. The van der Waals surface area contributed by atoms with Crippen molar-refractivity contribution in [3.05, 3.63) is 71.8 Å². The van der Waals surface area contributed by atoms with Gasteiger partial charge in [0, 0.05) is 11.5 Å². The van der Waals surface area contributed by atoms with Crippen LogP contribution in [0.15, 0.2) is 60.7 Å². The Hall–Kier alpha value is -3.61. The number of fused-ring (bicyclic) bond motifs is 1. The van der Waals surface area contributed by atoms with Gasteiger partial charge in [0.2, 0.25) is 5.88 Å². The fraction of sp³-hybridized carbons (Fsp3) is 0.393. The molecule has 0 aliphatic carbocycles. The van der Waals surface area contributed by atoms with Gasteiger partial charge >= 0.3 is 12.1 Å². The van der Waals surface area contributed by atoms with Crippen molar-refractivity contribution in [3.8, 4) is 5.88 Å². The summed E-state index contributed by atoms with van der Waals surface area (Å²) in [5, 5.41) is 3.69. The number of rotatable bonds is 8. The maximum absolute atomic E-state index is 13.7. The van der Waals surface area contributed by atoms with Crippen LogP contribution in [0.2, 0.25) is 0 Å². The average Bonchev–Trinajstić information content (AvgIpc) is 2.81. The van der Waals surface area contributed by atoms with Crippen LogP contribution in [0.25, 0.3) is 10.9 Å². The maximum atomic E-state index is 13.7. The summed E-state index contributed by atoms with van der Waals surface area (Å²) in [6, 6.07) is 18.5. The van der Waals surface area contributed by atoms with Crippen LogP contribution in [0.5, 0.6) is 5.88 Å². The van der Waals surface area contributed by atoms with Gasteiger partial charge in [-0.2, -0.15) is 0 Å². The first kappa shape index (κ1) is 26.0. The molecule has 3 aromatic rings. The van der Waals surface area contributed by atoms with E-state index < -0.39 is 17.6 Å². The average molecular weight is 479 g/mol. The highest BCUT2D eigenvalue weighted by Crippen LogP contribution is 2.38. The predicted molar refractivity (Wildman–Crippen MR) is 135 cm³/mol. The van der Waals surface area contributed by atoms with Crippen LogP contribution in [0.1, 0.15) is 52.2 Å². The summed E-state index contributed by atoms with van der Waals surface area (Å²) >= 11 is 0. The fourth-order valence-electron chi connectivity index (χ4n) is 3.99. The van der Waals surface area contributed by atoms with E-state index in [1.807, 2.05) is 69.3 Å². The van der Waals surface area contributed by atoms with Crippen molar-refractivity contribution in [1.29, 1.82) is 0 Å². The van der Waals surface area contributed by atoms with Crippen LogP contribution in [0.4, 0.5) is 4.79 Å². The standard InChI is InChI=1S/C28H34N2O5/c1-19(2)35-25(31)28(18-27(3,4)5,30-26(32)34-17-20-10-8-7-9-11-20)22-13-14-23-21(16-22)12-15-24(29-23)33-6/h7-16,19H,17-18H2,1-6H3,(H,30,32)/t28-/m1/s1. The first-order valence-corrected chi connectivity index (χ1v) is 11.7. The second kappa shape index (κ2) is 10.8. The molecule has 0 bridgehead atoms. The number of nitrogens with zero attached hydrogens (tertiary/aromatic N) is 1. The zero-order valence-corrected chi connectivity index (χ0v) is 21.3. The Morgan fingerprint density at radius 2 is 1.71 bits per heavy atom. The van der Waals surface area contributed by atoms with E-state index in [4.69, 9.17) is 14.2 Å². The number of alkyl carbamates (subject to hydrolysis) is 1. The number of benzene rings is 2. The van der Waals surface area contributed by atoms with Crippen molar-refractivity contribution < 1.29 is 23.8 Å². The van der Waals surface area contributed by atoms with Gasteiger partial charge in [-0.25, -0.2) is 14.6 Å². The zero-order chi connectivity index (χ0) is 25.6. The van der Waals surface area contributed by atoms with E-state index in [2.05, 4.69) is 10.3 Å². The Bertz CT molecular complexity index is 1170. The number of pyridine rings is 1. The smallest absolute Gasteiger partial charge is 0.408 e. The molecule has 0 saturated heterocycles. The molecule has 7 heteroatoms. The van der Waals surface area contributed by atoms with E-state index in [1.165, 1.54) is 0 Å². The van der Waals surface area contributed by atoms with Gasteiger partial charge in [0.25, 0.3) is 0 Å². The third-order valence-corrected chi connectivity index (χ3v) is 5.38. The van der Waals surface area contributed by atoms with Crippen LogP contribution in [0, 0.1) is 5.41 Å². The molecular formula is C28H34N2O5. The zero-order valence-electron chi connectivity index (χ0n) is 21.3. The van der Waals surface area contributed by atoms with E-state index in [0.29, 0.717) is 23.4 Å². The number of carbonyl (C=O) groups is 2. The van der Waals surface area contributed by atoms with Crippen LogP contribution in [-0.4, -0.2) is 30.3 Å². The highest BCUT2D eigenvalue weighted by Gasteiger charge is 2.47. The summed E-state index contributed by atoms with van der Waals surface area (Å²) in [7, 11) is 1.56. The minimum absolute atomic E-state index is 0.0823. The molecule has 0 saturated carbocycles. The summed E-state index contributed by atoms with van der Waals surface area (Å²) in [4.78, 5) is 31.2. The van der Waals surface area contributed by atoms with Crippen LogP contribution < -0.4 is 10.1 Å². The van der Waals surface area contributed by atoms with E-state index in [9.17, 15) is 9.59 Å². The second-order valence-electron chi connectivity index (χ2n) is 10.0. The molecule has 0 aliphatic rings. The summed E-state index contributed by atoms with van der Waals surface area (Å²) in [5.74, 6) is -0.0482. The molecule has 1 N–H and O–H groups in total. The maximum Gasteiger partial charge on any atom is 0.408 e. The van der Waals surface area contributed by atoms with Crippen LogP contribution in [-0.2, 0) is 26.4 Å². The lowest BCUT2D eigenvalue weighted by Gasteiger charge is -2.38. The molecule has 2 aromatic carbocycles. The number of aromatic nitrogens is 1. The molecule has 186 valence electrons. The second-order valence-corrected chi connectivity index (χ2v) is 10.0. The van der Waals surface area contributed by atoms with Gasteiger partial charge in [-0.05, 0) is 55.0 Å². The number of ether oxygens (including phenoxy) is 3. The number of hydrogen-bond donors (Lipinski definition) is 1. The highest BCUT2D eigenvalue weighted by atomic mass is 16.6. The Kier molecular flexibility index (Phi) is 7.99. The lowest BCUT2D eigenvalue weighted by atomic mass is 9.75. The van der Waals surface area contributed by atoms with Gasteiger partial charge in [0.15, 0.2) is 5.54 Å². The van der Waals surface area contributed by atoms with E-state index in [1.54, 1.807) is 33.1 Å². The lowest BCUT2D eigenvalue weighted by Crippen LogP contribution is -2.55. The van der Waals surface area contributed by atoms with Crippen molar-refractivity contribution >= 4 is 23.0 Å². The monoisotopic (exact) mass is 478 g/mol. The van der Waals surface area contributed by atoms with Gasteiger partial charge < -0.3 is 19.5 Å². The summed E-state index contributed by atoms with van der Waals surface area (Å²) < 4.78 is 16.4. The molecule has 0 aliphatic heterocycles. The first-order valence-electron chi connectivity index (χ1n) is 11.7. The van der Waals surface area contributed by atoms with Gasteiger partial charge in [-0.1, -0.05) is 57.2 Å². The SMILES string of the molecule is COc1ccc2cc([C@@](CC(C)(C)C)(NC(=O)OCc3ccccc3)C(=O)OC(C)C)ccc2n1. The topological polar surface area (TPSA) is 86.8 Å². The van der Waals surface area contributed by atoms with Crippen molar-refractivity contribution in [2.45, 2.75) is 59.3 Å². The minimum atomic E-state index is -1.47. The molecule has 3 rings (SSSR count). The Labute approximate surface area is 206 Å². The summed E-state index contributed by atoms with van der Waals surface area (Å²) in [6.45, 7) is 9.67. The molecule has 35 heavy (non-hydrogen) atoms. The minimum Gasteiger partial charge on any atom is -0.481 e. The van der Waals surface area contributed by atoms with Crippen LogP contribution >= 0.6 is 0 Å². The van der Waals surface area contributed by atoms with Crippen molar-refractivity contribution in [2.24, 2.45) is 5.41 Å². The van der Waals surface area contributed by atoms with Gasteiger partial charge in [-0.3, -0.25) is 0 Å². The Morgan fingerprint density at radius 1 is 1.00 bits per heavy atom. The molecule has 0 spiro atoms. The quantitative estimate of drug-likeness (QED) is 0.415. The summed E-state index contributed by atoms with van der Waals surface area (Å²) in [6.07, 6.45) is -0.775. The number of esters is 1. The Morgan fingerprint density at radius 3 is 2.34 bits per heavy atom. The number of amides is 1. The molecule has 1 aromatic heterocycles. The first-order chi connectivity index (χ1) is 16.5. The molecular weight excluding hydrogens is 444 g/mol. The summed E-state index contributed by atoms with van der Waals surface area (Å²) in [5.41, 5.74) is 0.343. The Balaban J connectivity index is 2.05. The lowest BCUT2D eigenvalue weighted by molar-refractivity contribution is -0.157. The fourth-order valence-corrected chi connectivity index (χ4v) is 3.99. The molecule has 1 heterocycles. The highest BCUT2D eigenvalue weighted by molar-refractivity contribution is 5.90. The number of nitrogens with one attached hydrogen (secondary N) is 1.